The molecule has 1 aromatic rings. The first-order valence-corrected chi connectivity index (χ1v) is 7.16. The molecule has 0 spiro atoms. The van der Waals surface area contributed by atoms with E-state index in [2.05, 4.69) is 14.9 Å². The van der Waals surface area contributed by atoms with Gasteiger partial charge in [0.15, 0.2) is 10.7 Å². The van der Waals surface area contributed by atoms with Gasteiger partial charge >= 0.3 is 6.03 Å². The largest absolute Gasteiger partial charge is 0.332 e. The number of hydrogen-bond donors (Lipinski definition) is 1. The topological polar surface area (TPSA) is 78.4 Å². The smallest absolute Gasteiger partial charge is 0.322 e. The normalized spacial score (nSPS) is 10.8. The second kappa shape index (κ2) is 6.65. The summed E-state index contributed by atoms with van der Waals surface area (Å²) < 4.78 is 3.77. The molecule has 112 valence electrons. The first-order valence-electron chi connectivity index (χ1n) is 6.39. The number of amides is 3. The van der Waals surface area contributed by atoms with Crippen LogP contribution < -0.4 is 5.32 Å². The number of nitrogens with one attached hydrogen (secondary N) is 1. The average molecular weight is 299 g/mol. The minimum Gasteiger partial charge on any atom is -0.332 e. The third kappa shape index (κ3) is 3.66. The van der Waals surface area contributed by atoms with E-state index in [-0.39, 0.29) is 29.7 Å². The Kier molecular flexibility index (Phi) is 5.43. The lowest BCUT2D eigenvalue weighted by molar-refractivity contribution is 0.0638. The van der Waals surface area contributed by atoms with Crippen LogP contribution in [0.3, 0.4) is 0 Å². The van der Waals surface area contributed by atoms with Crippen LogP contribution in [0, 0.1) is 0 Å². The Morgan fingerprint density at radius 3 is 2.15 bits per heavy atom. The lowest BCUT2D eigenvalue weighted by Gasteiger charge is -2.30. The summed E-state index contributed by atoms with van der Waals surface area (Å²) in [5.41, 5.74) is 0.188. The van der Waals surface area contributed by atoms with Gasteiger partial charge in [0.05, 0.1) is 0 Å². The maximum atomic E-state index is 12.5. The van der Waals surface area contributed by atoms with E-state index in [4.69, 9.17) is 0 Å². The quantitative estimate of drug-likeness (QED) is 0.921. The van der Waals surface area contributed by atoms with E-state index in [1.54, 1.807) is 19.0 Å². The second-order valence-electron chi connectivity index (χ2n) is 5.18. The van der Waals surface area contributed by atoms with Gasteiger partial charge in [-0.05, 0) is 27.7 Å². The number of carbonyl (C=O) groups excluding carboxylic acids is 2. The predicted octanol–water partition coefficient (Wildman–Crippen LogP) is 1.89. The molecule has 7 nitrogen and oxygen atoms in total. The molecule has 1 rings (SSSR count). The van der Waals surface area contributed by atoms with Crippen LogP contribution >= 0.6 is 11.5 Å². The number of rotatable bonds is 4. The van der Waals surface area contributed by atoms with Crippen molar-refractivity contribution in [3.63, 3.8) is 0 Å². The Morgan fingerprint density at radius 1 is 1.15 bits per heavy atom. The summed E-state index contributed by atoms with van der Waals surface area (Å²) >= 11 is 0.997. The molecule has 1 aromatic heterocycles. The first kappa shape index (κ1) is 16.4. The lowest BCUT2D eigenvalue weighted by atomic mass is 10.2. The Labute approximate surface area is 123 Å². The highest BCUT2D eigenvalue weighted by Gasteiger charge is 2.27. The number of urea groups is 1. The van der Waals surface area contributed by atoms with Crippen molar-refractivity contribution in [1.82, 2.24) is 19.4 Å². The van der Waals surface area contributed by atoms with Gasteiger partial charge in [-0.25, -0.2) is 4.79 Å². The molecule has 3 amide bonds. The van der Waals surface area contributed by atoms with E-state index in [1.165, 1.54) is 4.90 Å². The molecule has 0 aliphatic rings. The fourth-order valence-electron chi connectivity index (χ4n) is 1.81. The zero-order valence-corrected chi connectivity index (χ0v) is 13.5. The third-order valence-corrected chi connectivity index (χ3v) is 3.31. The molecule has 0 aliphatic heterocycles. The molecular formula is C12H21N5O2S. The summed E-state index contributed by atoms with van der Waals surface area (Å²) in [4.78, 5) is 27.3. The van der Waals surface area contributed by atoms with Crippen LogP contribution in [0.4, 0.5) is 9.80 Å². The van der Waals surface area contributed by atoms with Crippen LogP contribution in [0.1, 0.15) is 38.2 Å². The average Bonchev–Trinajstić information content (AvgIpc) is 2.75. The molecule has 8 heteroatoms. The number of carbonyl (C=O) groups is 2. The van der Waals surface area contributed by atoms with Crippen molar-refractivity contribution in [2.45, 2.75) is 39.8 Å². The Bertz CT molecular complexity index is 476. The zero-order valence-electron chi connectivity index (χ0n) is 12.7. The summed E-state index contributed by atoms with van der Waals surface area (Å²) in [6.45, 7) is 7.76. The van der Waals surface area contributed by atoms with Gasteiger partial charge in [-0.2, -0.15) is 0 Å². The fraction of sp³-hybridized carbons (Fsp3) is 0.667. The van der Waals surface area contributed by atoms with E-state index in [1.807, 2.05) is 27.7 Å². The standard InChI is InChI=1S/C12H21N5O2S/c1-7(2)17(8(3)4)11(18)9-10(20-15-14-9)13-12(19)16(5)6/h7-8H,1-6H3,(H,13,19). The van der Waals surface area contributed by atoms with Crippen LogP contribution in [-0.4, -0.2) is 57.5 Å². The molecule has 0 bridgehead atoms. The number of aromatic nitrogens is 2. The SMILES string of the molecule is CC(C)N(C(=O)c1nnsc1NC(=O)N(C)C)C(C)C. The van der Waals surface area contributed by atoms with Crippen molar-refractivity contribution in [2.24, 2.45) is 0 Å². The van der Waals surface area contributed by atoms with E-state index in [0.29, 0.717) is 5.00 Å². The van der Waals surface area contributed by atoms with Gasteiger partial charge < -0.3 is 9.80 Å². The highest BCUT2D eigenvalue weighted by atomic mass is 32.1. The highest BCUT2D eigenvalue weighted by molar-refractivity contribution is 7.10. The number of anilines is 1. The van der Waals surface area contributed by atoms with Crippen LogP contribution in [0.2, 0.25) is 0 Å². The van der Waals surface area contributed by atoms with Crippen molar-refractivity contribution < 1.29 is 9.59 Å². The Morgan fingerprint density at radius 2 is 1.70 bits per heavy atom. The molecule has 0 saturated carbocycles. The molecule has 0 saturated heterocycles. The molecule has 1 heterocycles. The summed E-state index contributed by atoms with van der Waals surface area (Å²) in [7, 11) is 3.25. The summed E-state index contributed by atoms with van der Waals surface area (Å²) in [6, 6.07) is -0.228. The summed E-state index contributed by atoms with van der Waals surface area (Å²) in [6.07, 6.45) is 0. The zero-order chi connectivity index (χ0) is 15.4. The minimum absolute atomic E-state index is 0.0431. The molecule has 0 radical (unpaired) electrons. The Hall–Kier alpha value is -1.70. The van der Waals surface area contributed by atoms with Crippen molar-refractivity contribution in [3.05, 3.63) is 5.69 Å². The van der Waals surface area contributed by atoms with Gasteiger partial charge in [0.25, 0.3) is 5.91 Å². The minimum atomic E-state index is -0.314. The van der Waals surface area contributed by atoms with Gasteiger partial charge in [0, 0.05) is 37.7 Å². The van der Waals surface area contributed by atoms with E-state index < -0.39 is 0 Å². The highest BCUT2D eigenvalue weighted by Crippen LogP contribution is 2.21. The van der Waals surface area contributed by atoms with Gasteiger partial charge in [0.1, 0.15) is 0 Å². The Balaban J connectivity index is 3.00. The fourth-order valence-corrected chi connectivity index (χ4v) is 2.36. The molecule has 0 aliphatic carbocycles. The van der Waals surface area contributed by atoms with Crippen LogP contribution in [0.25, 0.3) is 0 Å². The van der Waals surface area contributed by atoms with E-state index in [0.717, 1.165) is 11.5 Å². The van der Waals surface area contributed by atoms with Crippen molar-refractivity contribution in [3.8, 4) is 0 Å². The van der Waals surface area contributed by atoms with Gasteiger partial charge in [0.2, 0.25) is 0 Å². The third-order valence-electron chi connectivity index (χ3n) is 2.66. The molecule has 0 atom stereocenters. The predicted molar refractivity (Wildman–Crippen MR) is 79.1 cm³/mol. The summed E-state index contributed by atoms with van der Waals surface area (Å²) in [5.74, 6) is -0.224. The van der Waals surface area contributed by atoms with Crippen molar-refractivity contribution in [2.75, 3.05) is 19.4 Å². The second-order valence-corrected chi connectivity index (χ2v) is 5.93. The van der Waals surface area contributed by atoms with Crippen LogP contribution in [-0.2, 0) is 0 Å². The van der Waals surface area contributed by atoms with Gasteiger partial charge in [-0.15, -0.1) is 5.10 Å². The molecule has 0 aromatic carbocycles. The lowest BCUT2D eigenvalue weighted by Crippen LogP contribution is -2.42. The van der Waals surface area contributed by atoms with Crippen LogP contribution in [0.5, 0.6) is 0 Å². The molecule has 0 unspecified atom stereocenters. The monoisotopic (exact) mass is 299 g/mol. The van der Waals surface area contributed by atoms with Crippen molar-refractivity contribution in [1.29, 1.82) is 0 Å². The van der Waals surface area contributed by atoms with Gasteiger partial charge in [-0.3, -0.25) is 10.1 Å². The maximum Gasteiger partial charge on any atom is 0.322 e. The first-order chi connectivity index (χ1) is 9.25. The van der Waals surface area contributed by atoms with Gasteiger partial charge in [-0.1, -0.05) is 4.49 Å². The molecule has 0 fully saturated rings. The number of hydrogen-bond acceptors (Lipinski definition) is 5. The molecule has 1 N–H and O–H groups in total. The van der Waals surface area contributed by atoms with Crippen LogP contribution in [0.15, 0.2) is 0 Å². The molecular weight excluding hydrogens is 278 g/mol. The maximum absolute atomic E-state index is 12.5. The summed E-state index contributed by atoms with van der Waals surface area (Å²) in [5, 5.41) is 6.87. The van der Waals surface area contributed by atoms with E-state index >= 15 is 0 Å². The van der Waals surface area contributed by atoms with E-state index in [9.17, 15) is 9.59 Å². The molecule has 20 heavy (non-hydrogen) atoms. The number of nitrogens with zero attached hydrogens (tertiary/aromatic N) is 4. The van der Waals surface area contributed by atoms with Crippen molar-refractivity contribution >= 4 is 28.5 Å².